The average Bonchev–Trinajstić information content (AvgIpc) is 2.23. The van der Waals surface area contributed by atoms with Crippen molar-refractivity contribution >= 4 is 5.91 Å². The first-order valence-corrected chi connectivity index (χ1v) is 7.00. The minimum absolute atomic E-state index is 0.104. The molecular weight excluding hydrogens is 242 g/mol. The second-order valence-electron chi connectivity index (χ2n) is 6.88. The van der Waals surface area contributed by atoms with Crippen LogP contribution in [0.3, 0.4) is 0 Å². The van der Waals surface area contributed by atoms with Crippen LogP contribution in [0.25, 0.3) is 0 Å². The lowest BCUT2D eigenvalue weighted by molar-refractivity contribution is -0.126. The Kier molecular flexibility index (Phi) is 4.98. The molecule has 0 aromatic carbocycles. The number of carbonyl (C=O) groups excluding carboxylic acids is 1. The topological polar surface area (TPSA) is 67.6 Å². The van der Waals surface area contributed by atoms with Crippen LogP contribution >= 0.6 is 0 Å². The summed E-state index contributed by atoms with van der Waals surface area (Å²) >= 11 is 0. The first-order valence-electron chi connectivity index (χ1n) is 7.00. The zero-order chi connectivity index (χ0) is 14.8. The lowest BCUT2D eigenvalue weighted by Gasteiger charge is -2.45. The van der Waals surface area contributed by atoms with E-state index in [1.807, 2.05) is 0 Å². The molecule has 1 heterocycles. The number of rotatable bonds is 4. The van der Waals surface area contributed by atoms with Crippen LogP contribution < -0.4 is 11.1 Å². The number of nitrogens with zero attached hydrogens (tertiary/aromatic N) is 1. The fourth-order valence-electron chi connectivity index (χ4n) is 2.31. The number of hydrogen-bond acceptors (Lipinski definition) is 4. The molecule has 2 unspecified atom stereocenters. The molecule has 0 aromatic rings. The van der Waals surface area contributed by atoms with Crippen LogP contribution in [0.5, 0.6) is 0 Å². The van der Waals surface area contributed by atoms with E-state index in [1.165, 1.54) is 0 Å². The van der Waals surface area contributed by atoms with Crippen LogP contribution in [0.15, 0.2) is 0 Å². The summed E-state index contributed by atoms with van der Waals surface area (Å²) in [5.74, 6) is -0.116. The van der Waals surface area contributed by atoms with Crippen LogP contribution in [0.2, 0.25) is 0 Å². The van der Waals surface area contributed by atoms with Gasteiger partial charge in [0.25, 0.3) is 0 Å². The van der Waals surface area contributed by atoms with Gasteiger partial charge in [0.2, 0.25) is 5.91 Å². The molecule has 1 saturated heterocycles. The Balaban J connectivity index is 2.58. The molecule has 1 amide bonds. The van der Waals surface area contributed by atoms with Crippen molar-refractivity contribution in [2.45, 2.75) is 64.8 Å². The Morgan fingerprint density at radius 2 is 1.74 bits per heavy atom. The van der Waals surface area contributed by atoms with Gasteiger partial charge < -0.3 is 15.8 Å². The van der Waals surface area contributed by atoms with Gasteiger partial charge in [0.15, 0.2) is 0 Å². The summed E-state index contributed by atoms with van der Waals surface area (Å²) in [6.45, 7) is 14.2. The number of morpholine rings is 1. The summed E-state index contributed by atoms with van der Waals surface area (Å²) in [7, 11) is 0. The van der Waals surface area contributed by atoms with E-state index in [0.29, 0.717) is 6.54 Å². The SMILES string of the molecule is CC1CN(C(C)(C)CNC(=O)C(C)(C)N)CC(C)O1. The normalized spacial score (nSPS) is 26.3. The van der Waals surface area contributed by atoms with Crippen LogP contribution in [-0.4, -0.2) is 53.7 Å². The van der Waals surface area contributed by atoms with Crippen molar-refractivity contribution in [1.82, 2.24) is 10.2 Å². The Morgan fingerprint density at radius 1 is 1.26 bits per heavy atom. The average molecular weight is 271 g/mol. The number of nitrogens with two attached hydrogens (primary N) is 1. The highest BCUT2D eigenvalue weighted by Gasteiger charge is 2.34. The Bertz CT molecular complexity index is 313. The van der Waals surface area contributed by atoms with Gasteiger partial charge in [-0.15, -0.1) is 0 Å². The van der Waals surface area contributed by atoms with E-state index in [4.69, 9.17) is 10.5 Å². The quantitative estimate of drug-likeness (QED) is 0.791. The smallest absolute Gasteiger partial charge is 0.239 e. The lowest BCUT2D eigenvalue weighted by atomic mass is 9.99. The molecule has 112 valence electrons. The molecule has 0 bridgehead atoms. The monoisotopic (exact) mass is 271 g/mol. The predicted molar refractivity (Wildman–Crippen MR) is 76.9 cm³/mol. The molecular formula is C14H29N3O2. The highest BCUT2D eigenvalue weighted by Crippen LogP contribution is 2.20. The van der Waals surface area contributed by atoms with Gasteiger partial charge in [0.05, 0.1) is 17.7 Å². The summed E-state index contributed by atoms with van der Waals surface area (Å²) in [6.07, 6.45) is 0.453. The van der Waals surface area contributed by atoms with E-state index < -0.39 is 5.54 Å². The molecule has 0 saturated carbocycles. The number of nitrogens with one attached hydrogen (secondary N) is 1. The van der Waals surface area contributed by atoms with Gasteiger partial charge in [0.1, 0.15) is 0 Å². The molecule has 1 fully saturated rings. The molecule has 0 aliphatic carbocycles. The summed E-state index contributed by atoms with van der Waals surface area (Å²) in [4.78, 5) is 14.2. The first-order chi connectivity index (χ1) is 8.52. The summed E-state index contributed by atoms with van der Waals surface area (Å²) < 4.78 is 5.74. The molecule has 1 aliphatic heterocycles. The number of carbonyl (C=O) groups is 1. The maximum atomic E-state index is 11.8. The van der Waals surface area contributed by atoms with E-state index >= 15 is 0 Å². The van der Waals surface area contributed by atoms with Gasteiger partial charge >= 0.3 is 0 Å². The van der Waals surface area contributed by atoms with Gasteiger partial charge in [-0.05, 0) is 41.5 Å². The minimum atomic E-state index is -0.832. The fourth-order valence-corrected chi connectivity index (χ4v) is 2.31. The molecule has 1 rings (SSSR count). The van der Waals surface area contributed by atoms with Crippen molar-refractivity contribution in [2.24, 2.45) is 5.73 Å². The molecule has 0 radical (unpaired) electrons. The predicted octanol–water partition coefficient (Wildman–Crippen LogP) is 0.728. The summed E-state index contributed by atoms with van der Waals surface area (Å²) in [6, 6.07) is 0. The van der Waals surface area contributed by atoms with Crippen molar-refractivity contribution in [1.29, 1.82) is 0 Å². The molecule has 5 nitrogen and oxygen atoms in total. The third-order valence-electron chi connectivity index (χ3n) is 3.54. The van der Waals surface area contributed by atoms with Crippen molar-refractivity contribution in [3.63, 3.8) is 0 Å². The highest BCUT2D eigenvalue weighted by molar-refractivity contribution is 5.85. The van der Waals surface area contributed by atoms with Crippen molar-refractivity contribution in [3.05, 3.63) is 0 Å². The second kappa shape index (κ2) is 5.77. The number of hydrogen-bond donors (Lipinski definition) is 2. The van der Waals surface area contributed by atoms with Crippen molar-refractivity contribution in [2.75, 3.05) is 19.6 Å². The highest BCUT2D eigenvalue weighted by atomic mass is 16.5. The number of amides is 1. The fraction of sp³-hybridized carbons (Fsp3) is 0.929. The van der Waals surface area contributed by atoms with Crippen molar-refractivity contribution in [3.8, 4) is 0 Å². The van der Waals surface area contributed by atoms with E-state index in [1.54, 1.807) is 13.8 Å². The Hall–Kier alpha value is -0.650. The van der Waals surface area contributed by atoms with Crippen molar-refractivity contribution < 1.29 is 9.53 Å². The van der Waals surface area contributed by atoms with Crippen LogP contribution in [0.1, 0.15) is 41.5 Å². The Labute approximate surface area is 116 Å². The maximum absolute atomic E-state index is 11.8. The van der Waals surface area contributed by atoms with Crippen LogP contribution in [0.4, 0.5) is 0 Å². The van der Waals surface area contributed by atoms with Crippen LogP contribution in [-0.2, 0) is 9.53 Å². The molecule has 0 aromatic heterocycles. The first kappa shape index (κ1) is 16.4. The summed E-state index contributed by atoms with van der Waals surface area (Å²) in [5, 5.41) is 2.94. The van der Waals surface area contributed by atoms with Crippen LogP contribution in [0, 0.1) is 0 Å². The number of ether oxygens (including phenoxy) is 1. The van der Waals surface area contributed by atoms with E-state index in [2.05, 4.69) is 37.9 Å². The third-order valence-corrected chi connectivity index (χ3v) is 3.54. The molecule has 5 heteroatoms. The molecule has 1 aliphatic rings. The zero-order valence-corrected chi connectivity index (χ0v) is 13.1. The molecule has 19 heavy (non-hydrogen) atoms. The minimum Gasteiger partial charge on any atom is -0.373 e. The third kappa shape index (κ3) is 4.75. The second-order valence-corrected chi connectivity index (χ2v) is 6.88. The standard InChI is InChI=1S/C14H29N3O2/c1-10-7-17(8-11(2)19-10)13(3,4)9-16-12(18)14(5,6)15/h10-11H,7-9,15H2,1-6H3,(H,16,18). The Morgan fingerprint density at radius 3 is 2.16 bits per heavy atom. The van der Waals surface area contributed by atoms with Gasteiger partial charge in [-0.2, -0.15) is 0 Å². The van der Waals surface area contributed by atoms with Gasteiger partial charge in [-0.3, -0.25) is 9.69 Å². The van der Waals surface area contributed by atoms with E-state index in [9.17, 15) is 4.79 Å². The molecule has 3 N–H and O–H groups in total. The molecule has 0 spiro atoms. The largest absolute Gasteiger partial charge is 0.373 e. The van der Waals surface area contributed by atoms with Gasteiger partial charge in [-0.1, -0.05) is 0 Å². The lowest BCUT2D eigenvalue weighted by Crippen LogP contribution is -2.60. The summed E-state index contributed by atoms with van der Waals surface area (Å²) in [5.41, 5.74) is 4.85. The molecule has 2 atom stereocenters. The van der Waals surface area contributed by atoms with Gasteiger partial charge in [0, 0.05) is 25.2 Å². The van der Waals surface area contributed by atoms with E-state index in [0.717, 1.165) is 13.1 Å². The van der Waals surface area contributed by atoms with Gasteiger partial charge in [-0.25, -0.2) is 0 Å². The van der Waals surface area contributed by atoms with E-state index in [-0.39, 0.29) is 23.7 Å². The zero-order valence-electron chi connectivity index (χ0n) is 13.1. The maximum Gasteiger partial charge on any atom is 0.239 e.